The first-order valence-electron chi connectivity index (χ1n) is 6.69. The van der Waals surface area contributed by atoms with Gasteiger partial charge in [0, 0.05) is 11.3 Å². The quantitative estimate of drug-likeness (QED) is 0.805. The third-order valence-corrected chi connectivity index (χ3v) is 3.69. The van der Waals surface area contributed by atoms with Gasteiger partial charge < -0.3 is 0 Å². The van der Waals surface area contributed by atoms with E-state index in [-0.39, 0.29) is 0 Å². The summed E-state index contributed by atoms with van der Waals surface area (Å²) in [7, 11) is 0. The zero-order valence-corrected chi connectivity index (χ0v) is 11.1. The van der Waals surface area contributed by atoms with Gasteiger partial charge in [-0.15, -0.1) is 0 Å². The molecule has 1 aliphatic carbocycles. The SMILES string of the molecule is N#Cc1ccc(-n2nc(C(F)(F)F)c3c2CCCC3)cc1. The second kappa shape index (κ2) is 4.92. The lowest BCUT2D eigenvalue weighted by Gasteiger charge is -2.14. The molecule has 0 spiro atoms. The normalized spacial score (nSPS) is 14.6. The third-order valence-electron chi connectivity index (χ3n) is 3.69. The average molecular weight is 291 g/mol. The predicted molar refractivity (Wildman–Crippen MR) is 69.9 cm³/mol. The molecule has 0 saturated heterocycles. The summed E-state index contributed by atoms with van der Waals surface area (Å²) in [6.07, 6.45) is -1.79. The molecule has 0 fully saturated rings. The van der Waals surface area contributed by atoms with Crippen LogP contribution in [0.1, 0.15) is 35.4 Å². The standard InChI is InChI=1S/C15H12F3N3/c16-15(17,18)14-12-3-1-2-4-13(12)21(20-14)11-7-5-10(9-19)6-8-11/h5-8H,1-4H2. The number of benzene rings is 1. The first-order chi connectivity index (χ1) is 10.0. The van der Waals surface area contributed by atoms with Crippen LogP contribution in [0.2, 0.25) is 0 Å². The molecular weight excluding hydrogens is 279 g/mol. The zero-order valence-electron chi connectivity index (χ0n) is 11.1. The smallest absolute Gasteiger partial charge is 0.237 e. The highest BCUT2D eigenvalue weighted by Gasteiger charge is 2.39. The Bertz CT molecular complexity index is 705. The van der Waals surface area contributed by atoms with E-state index in [1.165, 1.54) is 4.68 Å². The molecule has 0 saturated carbocycles. The maximum Gasteiger partial charge on any atom is 0.435 e. The van der Waals surface area contributed by atoms with Crippen LogP contribution < -0.4 is 0 Å². The lowest BCUT2D eigenvalue weighted by atomic mass is 9.95. The number of alkyl halides is 3. The summed E-state index contributed by atoms with van der Waals surface area (Å²) in [6, 6.07) is 8.40. The molecule has 0 bridgehead atoms. The van der Waals surface area contributed by atoms with Crippen LogP contribution in [0, 0.1) is 11.3 Å². The van der Waals surface area contributed by atoms with Crippen LogP contribution in [0.15, 0.2) is 24.3 Å². The molecule has 0 unspecified atom stereocenters. The summed E-state index contributed by atoms with van der Waals surface area (Å²) in [4.78, 5) is 0. The molecule has 2 aromatic rings. The Balaban J connectivity index is 2.14. The zero-order chi connectivity index (χ0) is 15.0. The van der Waals surface area contributed by atoms with Crippen LogP contribution in [-0.2, 0) is 19.0 Å². The van der Waals surface area contributed by atoms with E-state index in [2.05, 4.69) is 5.10 Å². The Morgan fingerprint density at radius 1 is 1.10 bits per heavy atom. The van der Waals surface area contributed by atoms with Crippen molar-refractivity contribution in [2.24, 2.45) is 0 Å². The molecule has 0 amide bonds. The molecule has 1 aromatic heterocycles. The second-order valence-corrected chi connectivity index (χ2v) is 5.05. The van der Waals surface area contributed by atoms with Gasteiger partial charge >= 0.3 is 6.18 Å². The van der Waals surface area contributed by atoms with Gasteiger partial charge in [0.15, 0.2) is 5.69 Å². The number of nitriles is 1. The summed E-state index contributed by atoms with van der Waals surface area (Å²) < 4.78 is 40.7. The van der Waals surface area contributed by atoms with Crippen molar-refractivity contribution in [2.45, 2.75) is 31.9 Å². The molecule has 6 heteroatoms. The van der Waals surface area contributed by atoms with Crippen molar-refractivity contribution in [1.82, 2.24) is 9.78 Å². The average Bonchev–Trinajstić information content (AvgIpc) is 2.87. The maximum absolute atomic E-state index is 13.1. The molecule has 3 rings (SSSR count). The summed E-state index contributed by atoms with van der Waals surface area (Å²) in [5.41, 5.74) is 1.21. The number of fused-ring (bicyclic) bond motifs is 1. The third kappa shape index (κ3) is 2.40. The van der Waals surface area contributed by atoms with E-state index in [0.717, 1.165) is 12.8 Å². The van der Waals surface area contributed by atoms with E-state index in [1.54, 1.807) is 24.3 Å². The van der Waals surface area contributed by atoms with E-state index in [9.17, 15) is 13.2 Å². The van der Waals surface area contributed by atoms with Crippen molar-refractivity contribution < 1.29 is 13.2 Å². The van der Waals surface area contributed by atoms with Gasteiger partial charge in [0.2, 0.25) is 0 Å². The van der Waals surface area contributed by atoms with Crippen LogP contribution in [0.5, 0.6) is 0 Å². The number of rotatable bonds is 1. The lowest BCUT2D eigenvalue weighted by Crippen LogP contribution is -2.11. The Morgan fingerprint density at radius 3 is 2.38 bits per heavy atom. The van der Waals surface area contributed by atoms with Crippen LogP contribution in [-0.4, -0.2) is 9.78 Å². The topological polar surface area (TPSA) is 41.6 Å². The van der Waals surface area contributed by atoms with Crippen molar-refractivity contribution in [3.05, 3.63) is 46.8 Å². The van der Waals surface area contributed by atoms with Crippen molar-refractivity contribution in [3.8, 4) is 11.8 Å². The summed E-state index contributed by atoms with van der Waals surface area (Å²) in [5.74, 6) is 0. The molecule has 21 heavy (non-hydrogen) atoms. The van der Waals surface area contributed by atoms with Crippen molar-refractivity contribution in [2.75, 3.05) is 0 Å². The summed E-state index contributed by atoms with van der Waals surface area (Å²) >= 11 is 0. The summed E-state index contributed by atoms with van der Waals surface area (Å²) in [5, 5.41) is 12.6. The molecule has 0 radical (unpaired) electrons. The van der Waals surface area contributed by atoms with Gasteiger partial charge in [-0.1, -0.05) is 0 Å². The fourth-order valence-electron chi connectivity index (χ4n) is 2.72. The lowest BCUT2D eigenvalue weighted by molar-refractivity contribution is -0.142. The largest absolute Gasteiger partial charge is 0.435 e. The Hall–Kier alpha value is -2.29. The molecule has 0 N–H and O–H groups in total. The fourth-order valence-corrected chi connectivity index (χ4v) is 2.72. The van der Waals surface area contributed by atoms with Gasteiger partial charge in [0.25, 0.3) is 0 Å². The maximum atomic E-state index is 13.1. The molecule has 0 atom stereocenters. The minimum absolute atomic E-state index is 0.318. The van der Waals surface area contributed by atoms with Crippen LogP contribution in [0.25, 0.3) is 5.69 Å². The number of nitrogens with zero attached hydrogens (tertiary/aromatic N) is 3. The first kappa shape index (κ1) is 13.7. The number of hydrogen-bond donors (Lipinski definition) is 0. The van der Waals surface area contributed by atoms with Gasteiger partial charge in [0.05, 0.1) is 17.3 Å². The molecule has 3 nitrogen and oxygen atoms in total. The minimum atomic E-state index is -4.43. The second-order valence-electron chi connectivity index (χ2n) is 5.05. The molecule has 1 aliphatic rings. The highest BCUT2D eigenvalue weighted by atomic mass is 19.4. The molecule has 0 aliphatic heterocycles. The minimum Gasteiger partial charge on any atom is -0.237 e. The molecule has 108 valence electrons. The Labute approximate surface area is 119 Å². The van der Waals surface area contributed by atoms with Gasteiger partial charge in [0.1, 0.15) is 0 Å². The van der Waals surface area contributed by atoms with E-state index in [0.29, 0.717) is 35.3 Å². The monoisotopic (exact) mass is 291 g/mol. The van der Waals surface area contributed by atoms with Crippen molar-refractivity contribution in [3.63, 3.8) is 0 Å². The van der Waals surface area contributed by atoms with Crippen LogP contribution >= 0.6 is 0 Å². The van der Waals surface area contributed by atoms with Gasteiger partial charge in [-0.2, -0.15) is 23.5 Å². The van der Waals surface area contributed by atoms with Crippen LogP contribution in [0.3, 0.4) is 0 Å². The van der Waals surface area contributed by atoms with Crippen molar-refractivity contribution in [1.29, 1.82) is 5.26 Å². The molecular formula is C15H12F3N3. The van der Waals surface area contributed by atoms with Crippen molar-refractivity contribution >= 4 is 0 Å². The van der Waals surface area contributed by atoms with E-state index in [4.69, 9.17) is 5.26 Å². The van der Waals surface area contributed by atoms with Gasteiger partial charge in [-0.05, 0) is 49.9 Å². The summed E-state index contributed by atoms with van der Waals surface area (Å²) in [6.45, 7) is 0. The first-order valence-corrected chi connectivity index (χ1v) is 6.69. The van der Waals surface area contributed by atoms with E-state index < -0.39 is 11.9 Å². The van der Waals surface area contributed by atoms with Gasteiger partial charge in [-0.3, -0.25) is 0 Å². The fraction of sp³-hybridized carbons (Fsp3) is 0.333. The predicted octanol–water partition coefficient (Wildman–Crippen LogP) is 3.64. The van der Waals surface area contributed by atoms with Crippen LogP contribution in [0.4, 0.5) is 13.2 Å². The Morgan fingerprint density at radius 2 is 1.76 bits per heavy atom. The number of aromatic nitrogens is 2. The van der Waals surface area contributed by atoms with E-state index >= 15 is 0 Å². The molecule has 1 aromatic carbocycles. The van der Waals surface area contributed by atoms with Gasteiger partial charge in [-0.25, -0.2) is 4.68 Å². The number of hydrogen-bond acceptors (Lipinski definition) is 2. The Kier molecular flexibility index (Phi) is 3.20. The highest BCUT2D eigenvalue weighted by Crippen LogP contribution is 2.36. The highest BCUT2D eigenvalue weighted by molar-refractivity contribution is 5.43. The molecule has 1 heterocycles. The number of halogens is 3. The van der Waals surface area contributed by atoms with E-state index in [1.807, 2.05) is 6.07 Å².